The fraction of sp³-hybridized carbons (Fsp3) is 0.250. The number of hydrogen-bond donors (Lipinski definition) is 0. The van der Waals surface area contributed by atoms with E-state index in [2.05, 4.69) is 36.8 Å². The number of benzene rings is 1. The van der Waals surface area contributed by atoms with Gasteiger partial charge in [0.1, 0.15) is 29.0 Å². The van der Waals surface area contributed by atoms with Gasteiger partial charge in [0.05, 0.1) is 0 Å². The van der Waals surface area contributed by atoms with Crippen LogP contribution in [0.3, 0.4) is 0 Å². The van der Waals surface area contributed by atoms with Crippen LogP contribution in [0, 0.1) is 11.3 Å². The molecule has 0 atom stereocenters. The Morgan fingerprint density at radius 1 is 1.15 bits per heavy atom. The van der Waals surface area contributed by atoms with Crippen LogP contribution in [0.5, 0.6) is 0 Å². The zero-order valence-corrected chi connectivity index (χ0v) is 15.7. The zero-order valence-electron chi connectivity index (χ0n) is 14.2. The molecule has 130 valence electrons. The van der Waals surface area contributed by atoms with Crippen molar-refractivity contribution < 1.29 is 4.42 Å². The first kappa shape index (κ1) is 16.8. The van der Waals surface area contributed by atoms with Gasteiger partial charge in [-0.2, -0.15) is 5.26 Å². The predicted molar refractivity (Wildman–Crippen MR) is 103 cm³/mol. The minimum Gasteiger partial charge on any atom is -0.457 e. The molecule has 0 bridgehead atoms. The summed E-state index contributed by atoms with van der Waals surface area (Å²) in [6.07, 6.45) is 6.05. The van der Waals surface area contributed by atoms with E-state index in [-0.39, 0.29) is 0 Å². The van der Waals surface area contributed by atoms with Gasteiger partial charge in [0.15, 0.2) is 5.82 Å². The molecule has 0 N–H and O–H groups in total. The highest BCUT2D eigenvalue weighted by atomic mass is 79.9. The van der Waals surface area contributed by atoms with E-state index in [1.807, 2.05) is 36.4 Å². The summed E-state index contributed by atoms with van der Waals surface area (Å²) >= 11 is 3.54. The number of furan rings is 1. The van der Waals surface area contributed by atoms with Crippen molar-refractivity contribution in [2.24, 2.45) is 0 Å². The van der Waals surface area contributed by atoms with Crippen molar-refractivity contribution in [1.29, 1.82) is 5.26 Å². The number of halogens is 1. The first-order valence-corrected chi connectivity index (χ1v) is 9.44. The number of hydrogen-bond acceptors (Lipinski definition) is 4. The van der Waals surface area contributed by atoms with Gasteiger partial charge in [0.25, 0.3) is 0 Å². The van der Waals surface area contributed by atoms with Crippen LogP contribution in [0.1, 0.15) is 36.7 Å². The third-order valence-electron chi connectivity index (χ3n) is 4.52. The molecule has 0 spiro atoms. The molecule has 5 nitrogen and oxygen atoms in total. The summed E-state index contributed by atoms with van der Waals surface area (Å²) in [5.41, 5.74) is 1.45. The Labute approximate surface area is 160 Å². The Hall–Kier alpha value is -2.65. The van der Waals surface area contributed by atoms with Crippen LogP contribution in [0.25, 0.3) is 23.0 Å². The minimum atomic E-state index is 0.471. The van der Waals surface area contributed by atoms with Crippen molar-refractivity contribution >= 4 is 27.6 Å². The summed E-state index contributed by atoms with van der Waals surface area (Å²) in [6.45, 7) is 0.858. The summed E-state index contributed by atoms with van der Waals surface area (Å²) in [6, 6.07) is 13.9. The SMILES string of the molecule is N#C/C(=C\c1ccc(-c2ccccc2Br)o1)c1nnc2n1CCCCC2. The molecule has 0 aliphatic carbocycles. The van der Waals surface area contributed by atoms with Gasteiger partial charge in [-0.1, -0.05) is 40.5 Å². The first-order valence-electron chi connectivity index (χ1n) is 8.65. The molecule has 0 saturated carbocycles. The number of rotatable bonds is 3. The minimum absolute atomic E-state index is 0.471. The lowest BCUT2D eigenvalue weighted by atomic mass is 10.2. The lowest BCUT2D eigenvalue weighted by molar-refractivity contribution is 0.571. The van der Waals surface area contributed by atoms with Gasteiger partial charge in [-0.25, -0.2) is 0 Å². The van der Waals surface area contributed by atoms with Gasteiger partial charge in [-0.05, 0) is 31.0 Å². The Kier molecular flexibility index (Phi) is 4.72. The molecule has 0 unspecified atom stereocenters. The van der Waals surface area contributed by atoms with Crippen LogP contribution in [0.15, 0.2) is 45.3 Å². The summed E-state index contributed by atoms with van der Waals surface area (Å²) in [4.78, 5) is 0. The number of aromatic nitrogens is 3. The van der Waals surface area contributed by atoms with Crippen LogP contribution >= 0.6 is 15.9 Å². The Morgan fingerprint density at radius 3 is 2.88 bits per heavy atom. The second-order valence-electron chi connectivity index (χ2n) is 6.25. The number of nitriles is 1. The summed E-state index contributed by atoms with van der Waals surface area (Å²) in [7, 11) is 0. The van der Waals surface area contributed by atoms with Crippen molar-refractivity contribution in [3.8, 4) is 17.4 Å². The molecule has 0 fully saturated rings. The standard InChI is InChI=1S/C20H17BrN4O/c21-17-7-4-3-6-16(17)18-10-9-15(26-18)12-14(13-22)20-24-23-19-8-2-1-5-11-25(19)20/h3-4,6-7,9-10,12H,1-2,5,8,11H2/b14-12+. The van der Waals surface area contributed by atoms with Crippen LogP contribution in [0.4, 0.5) is 0 Å². The van der Waals surface area contributed by atoms with Gasteiger partial charge in [0, 0.05) is 29.1 Å². The molecule has 0 amide bonds. The van der Waals surface area contributed by atoms with Crippen molar-refractivity contribution in [2.45, 2.75) is 32.2 Å². The first-order chi connectivity index (χ1) is 12.8. The Morgan fingerprint density at radius 2 is 2.04 bits per heavy atom. The lowest BCUT2D eigenvalue weighted by Crippen LogP contribution is -2.05. The highest BCUT2D eigenvalue weighted by Gasteiger charge is 2.18. The maximum absolute atomic E-state index is 9.65. The number of aryl methyl sites for hydroxylation is 1. The van der Waals surface area contributed by atoms with Crippen molar-refractivity contribution in [3.05, 3.63) is 58.3 Å². The van der Waals surface area contributed by atoms with Crippen LogP contribution < -0.4 is 0 Å². The molecule has 1 aromatic carbocycles. The third kappa shape index (κ3) is 3.23. The quantitative estimate of drug-likeness (QED) is 0.565. The predicted octanol–water partition coefficient (Wildman–Crippen LogP) is 5.09. The number of fused-ring (bicyclic) bond motifs is 1. The molecule has 0 saturated heterocycles. The molecule has 6 heteroatoms. The molecule has 1 aliphatic heterocycles. The normalized spacial score (nSPS) is 14.5. The topological polar surface area (TPSA) is 67.6 Å². The van der Waals surface area contributed by atoms with E-state index in [0.717, 1.165) is 47.4 Å². The molecular formula is C20H17BrN4O. The van der Waals surface area contributed by atoms with Gasteiger partial charge in [-0.15, -0.1) is 10.2 Å². The second kappa shape index (κ2) is 7.30. The van der Waals surface area contributed by atoms with E-state index in [4.69, 9.17) is 4.42 Å². The molecule has 0 radical (unpaired) electrons. The van der Waals surface area contributed by atoms with Crippen LogP contribution in [-0.2, 0) is 13.0 Å². The van der Waals surface area contributed by atoms with Gasteiger partial charge in [0.2, 0.25) is 0 Å². The Balaban J connectivity index is 1.69. The average molecular weight is 409 g/mol. The monoisotopic (exact) mass is 408 g/mol. The van der Waals surface area contributed by atoms with Gasteiger partial charge < -0.3 is 8.98 Å². The maximum atomic E-state index is 9.65. The zero-order chi connectivity index (χ0) is 17.9. The molecule has 4 rings (SSSR count). The number of allylic oxidation sites excluding steroid dienone is 1. The molecule has 26 heavy (non-hydrogen) atoms. The van der Waals surface area contributed by atoms with E-state index >= 15 is 0 Å². The smallest absolute Gasteiger partial charge is 0.174 e. The highest BCUT2D eigenvalue weighted by molar-refractivity contribution is 9.10. The van der Waals surface area contributed by atoms with Crippen LogP contribution in [0.2, 0.25) is 0 Å². The van der Waals surface area contributed by atoms with E-state index < -0.39 is 0 Å². The van der Waals surface area contributed by atoms with E-state index in [0.29, 0.717) is 17.2 Å². The van der Waals surface area contributed by atoms with Gasteiger partial charge in [-0.3, -0.25) is 0 Å². The average Bonchev–Trinajstić information content (AvgIpc) is 3.21. The third-order valence-corrected chi connectivity index (χ3v) is 5.22. The molecule has 1 aliphatic rings. The van der Waals surface area contributed by atoms with E-state index in [1.165, 1.54) is 6.42 Å². The molecule has 3 heterocycles. The van der Waals surface area contributed by atoms with Gasteiger partial charge >= 0.3 is 0 Å². The largest absolute Gasteiger partial charge is 0.457 e. The fourth-order valence-electron chi connectivity index (χ4n) is 3.21. The summed E-state index contributed by atoms with van der Waals surface area (Å²) in [5, 5.41) is 18.2. The van der Waals surface area contributed by atoms with E-state index in [1.54, 1.807) is 6.08 Å². The van der Waals surface area contributed by atoms with E-state index in [9.17, 15) is 5.26 Å². The molecule has 3 aromatic rings. The fourth-order valence-corrected chi connectivity index (χ4v) is 3.69. The highest BCUT2D eigenvalue weighted by Crippen LogP contribution is 2.30. The van der Waals surface area contributed by atoms with Crippen molar-refractivity contribution in [2.75, 3.05) is 0 Å². The molecular weight excluding hydrogens is 392 g/mol. The molecule has 2 aromatic heterocycles. The Bertz CT molecular complexity index is 1010. The second-order valence-corrected chi connectivity index (χ2v) is 7.11. The number of nitrogens with zero attached hydrogens (tertiary/aromatic N) is 4. The summed E-state index contributed by atoms with van der Waals surface area (Å²) in [5.74, 6) is 2.97. The maximum Gasteiger partial charge on any atom is 0.174 e. The summed E-state index contributed by atoms with van der Waals surface area (Å²) < 4.78 is 8.97. The lowest BCUT2D eigenvalue weighted by Gasteiger charge is -2.05. The van der Waals surface area contributed by atoms with Crippen molar-refractivity contribution in [1.82, 2.24) is 14.8 Å². The van der Waals surface area contributed by atoms with Crippen molar-refractivity contribution in [3.63, 3.8) is 0 Å². The van der Waals surface area contributed by atoms with Crippen LogP contribution in [-0.4, -0.2) is 14.8 Å².